The van der Waals surface area contributed by atoms with Crippen LogP contribution < -0.4 is 0 Å². The minimum Gasteiger partial charge on any atom is -0.402 e. The van der Waals surface area contributed by atoms with Crippen LogP contribution in [0.3, 0.4) is 0 Å². The molecule has 0 aliphatic heterocycles. The third-order valence-corrected chi connectivity index (χ3v) is 2.79. The monoisotopic (exact) mass is 230 g/mol. The fourth-order valence-corrected chi connectivity index (χ4v) is 0.996. The predicted octanol–water partition coefficient (Wildman–Crippen LogP) is 1.51. The lowest BCUT2D eigenvalue weighted by molar-refractivity contribution is -0.140. The van der Waals surface area contributed by atoms with E-state index >= 15 is 0 Å². The molecule has 0 saturated heterocycles. The summed E-state index contributed by atoms with van der Waals surface area (Å²) in [6, 6.07) is 0. The van der Waals surface area contributed by atoms with Crippen molar-refractivity contribution in [3.8, 4) is 0 Å². The molecule has 0 radical (unpaired) electrons. The Hall–Kier alpha value is -0.355. The van der Waals surface area contributed by atoms with Crippen LogP contribution in [-0.2, 0) is 9.39 Å². The summed E-state index contributed by atoms with van der Waals surface area (Å²) >= 11 is 0. The Bertz CT molecular complexity index is 242. The predicted molar refractivity (Wildman–Crippen MR) is 64.8 cm³/mol. The van der Waals surface area contributed by atoms with Gasteiger partial charge in [-0.1, -0.05) is 11.6 Å². The maximum absolute atomic E-state index is 8.83. The zero-order chi connectivity index (χ0) is 13.0. The van der Waals surface area contributed by atoms with Gasteiger partial charge in [-0.25, -0.2) is 0 Å². The molecule has 0 amide bonds. The molecule has 0 aromatic heterocycles. The highest BCUT2D eigenvalue weighted by Crippen LogP contribution is 2.29. The maximum Gasteiger partial charge on any atom is 0.634 e. The Morgan fingerprint density at radius 1 is 1.12 bits per heavy atom. The molecule has 0 spiro atoms. The first kappa shape index (κ1) is 15.6. The van der Waals surface area contributed by atoms with Gasteiger partial charge in [-0.15, -0.1) is 0 Å². The van der Waals surface area contributed by atoms with Crippen LogP contribution in [0.25, 0.3) is 0 Å². The van der Waals surface area contributed by atoms with Gasteiger partial charge in [-0.3, -0.25) is 0 Å². The SMILES string of the molecule is CC(C)=CCOC(C)(C)C(C)(C)OB(O)O. The van der Waals surface area contributed by atoms with E-state index in [1.807, 2.05) is 33.8 Å². The van der Waals surface area contributed by atoms with Crippen molar-refractivity contribution < 1.29 is 19.4 Å². The lowest BCUT2D eigenvalue weighted by Crippen LogP contribution is -2.52. The van der Waals surface area contributed by atoms with Gasteiger partial charge in [-0.05, 0) is 41.5 Å². The lowest BCUT2D eigenvalue weighted by atomic mass is 9.87. The molecular weight excluding hydrogens is 207 g/mol. The highest BCUT2D eigenvalue weighted by molar-refractivity contribution is 6.32. The van der Waals surface area contributed by atoms with E-state index in [2.05, 4.69) is 0 Å². The summed E-state index contributed by atoms with van der Waals surface area (Å²) in [5, 5.41) is 17.7. The summed E-state index contributed by atoms with van der Waals surface area (Å²) in [4.78, 5) is 0. The molecule has 0 saturated carbocycles. The molecule has 0 unspecified atom stereocenters. The Labute approximate surface area is 98.4 Å². The van der Waals surface area contributed by atoms with Gasteiger partial charge in [0.25, 0.3) is 0 Å². The molecule has 0 aromatic rings. The highest BCUT2D eigenvalue weighted by atomic mass is 16.6. The van der Waals surface area contributed by atoms with Crippen molar-refractivity contribution in [3.05, 3.63) is 11.6 Å². The van der Waals surface area contributed by atoms with Gasteiger partial charge in [-0.2, -0.15) is 0 Å². The second kappa shape index (κ2) is 5.82. The third kappa shape index (κ3) is 5.12. The minimum atomic E-state index is -1.79. The standard InChI is InChI=1S/C11H23BO4/c1-9(2)7-8-15-10(3,4)11(5,6)16-12(13)14/h7,13-14H,8H2,1-6H3. The van der Waals surface area contributed by atoms with E-state index in [-0.39, 0.29) is 0 Å². The van der Waals surface area contributed by atoms with E-state index in [4.69, 9.17) is 19.4 Å². The zero-order valence-electron chi connectivity index (χ0n) is 11.1. The maximum atomic E-state index is 8.83. The van der Waals surface area contributed by atoms with Gasteiger partial charge in [0.05, 0.1) is 17.8 Å². The molecule has 0 aliphatic carbocycles. The van der Waals surface area contributed by atoms with Crippen molar-refractivity contribution in [1.29, 1.82) is 0 Å². The first-order chi connectivity index (χ1) is 7.08. The summed E-state index contributed by atoms with van der Waals surface area (Å²) in [5.41, 5.74) is -0.240. The topological polar surface area (TPSA) is 58.9 Å². The highest BCUT2D eigenvalue weighted by Gasteiger charge is 2.41. The van der Waals surface area contributed by atoms with Crippen molar-refractivity contribution in [1.82, 2.24) is 0 Å². The average molecular weight is 230 g/mol. The first-order valence-corrected chi connectivity index (χ1v) is 5.40. The normalized spacial score (nSPS) is 12.5. The van der Waals surface area contributed by atoms with Crippen LogP contribution in [0.5, 0.6) is 0 Å². The van der Waals surface area contributed by atoms with Crippen LogP contribution in [0, 0.1) is 0 Å². The molecule has 16 heavy (non-hydrogen) atoms. The molecule has 5 heteroatoms. The van der Waals surface area contributed by atoms with Crippen molar-refractivity contribution in [3.63, 3.8) is 0 Å². The van der Waals surface area contributed by atoms with Gasteiger partial charge >= 0.3 is 7.32 Å². The van der Waals surface area contributed by atoms with Crippen LogP contribution in [0.4, 0.5) is 0 Å². The number of hydrogen-bond donors (Lipinski definition) is 2. The van der Waals surface area contributed by atoms with E-state index in [0.29, 0.717) is 6.61 Å². The molecule has 0 heterocycles. The molecule has 0 aromatic carbocycles. The van der Waals surface area contributed by atoms with E-state index < -0.39 is 18.5 Å². The van der Waals surface area contributed by atoms with E-state index in [0.717, 1.165) is 0 Å². The lowest BCUT2D eigenvalue weighted by Gasteiger charge is -2.41. The van der Waals surface area contributed by atoms with Crippen LogP contribution in [-0.4, -0.2) is 35.2 Å². The quantitative estimate of drug-likeness (QED) is 0.536. The Kier molecular flexibility index (Phi) is 5.69. The third-order valence-electron chi connectivity index (χ3n) is 2.79. The number of rotatable bonds is 6. The number of ether oxygens (including phenoxy) is 1. The van der Waals surface area contributed by atoms with Crippen LogP contribution >= 0.6 is 0 Å². The molecule has 0 fully saturated rings. The van der Waals surface area contributed by atoms with E-state index in [1.165, 1.54) is 5.57 Å². The summed E-state index contributed by atoms with van der Waals surface area (Å²) in [6.45, 7) is 11.7. The van der Waals surface area contributed by atoms with E-state index in [9.17, 15) is 0 Å². The van der Waals surface area contributed by atoms with Crippen molar-refractivity contribution in [2.75, 3.05) is 6.61 Å². The molecule has 0 atom stereocenters. The summed E-state index contributed by atoms with van der Waals surface area (Å²) < 4.78 is 10.7. The Balaban J connectivity index is 4.45. The van der Waals surface area contributed by atoms with Gasteiger partial charge in [0, 0.05) is 0 Å². The molecular formula is C11H23BO4. The fraction of sp³-hybridized carbons (Fsp3) is 0.818. The molecule has 4 nitrogen and oxygen atoms in total. The number of allylic oxidation sites excluding steroid dienone is 1. The molecule has 0 bridgehead atoms. The number of hydrogen-bond acceptors (Lipinski definition) is 4. The molecule has 0 rings (SSSR count). The largest absolute Gasteiger partial charge is 0.634 e. The minimum absolute atomic E-state index is 0.476. The first-order valence-electron chi connectivity index (χ1n) is 5.40. The van der Waals surface area contributed by atoms with Crippen LogP contribution in [0.1, 0.15) is 41.5 Å². The molecule has 94 valence electrons. The van der Waals surface area contributed by atoms with Crippen LogP contribution in [0.2, 0.25) is 0 Å². The summed E-state index contributed by atoms with van der Waals surface area (Å²) in [6.07, 6.45) is 1.97. The molecule has 2 N–H and O–H groups in total. The second-order valence-corrected chi connectivity index (χ2v) is 5.06. The fourth-order valence-electron chi connectivity index (χ4n) is 0.996. The zero-order valence-corrected chi connectivity index (χ0v) is 11.1. The average Bonchev–Trinajstić information content (AvgIpc) is 1.99. The van der Waals surface area contributed by atoms with Gasteiger partial charge in [0.2, 0.25) is 0 Å². The second-order valence-electron chi connectivity index (χ2n) is 5.06. The van der Waals surface area contributed by atoms with Crippen molar-refractivity contribution in [2.24, 2.45) is 0 Å². The summed E-state index contributed by atoms with van der Waals surface area (Å²) in [5.74, 6) is 0. The van der Waals surface area contributed by atoms with Gasteiger partial charge < -0.3 is 19.4 Å². The molecule has 0 aliphatic rings. The van der Waals surface area contributed by atoms with Crippen molar-refractivity contribution >= 4 is 7.32 Å². The smallest absolute Gasteiger partial charge is 0.402 e. The van der Waals surface area contributed by atoms with Crippen LogP contribution in [0.15, 0.2) is 11.6 Å². The Morgan fingerprint density at radius 3 is 2.00 bits per heavy atom. The van der Waals surface area contributed by atoms with Crippen molar-refractivity contribution in [2.45, 2.75) is 52.7 Å². The van der Waals surface area contributed by atoms with E-state index in [1.54, 1.807) is 13.8 Å². The van der Waals surface area contributed by atoms with Gasteiger partial charge in [0.15, 0.2) is 0 Å². The van der Waals surface area contributed by atoms with Gasteiger partial charge in [0.1, 0.15) is 0 Å². The Morgan fingerprint density at radius 2 is 1.62 bits per heavy atom. The summed E-state index contributed by atoms with van der Waals surface area (Å²) in [7, 11) is -1.79.